The van der Waals surface area contributed by atoms with Crippen molar-refractivity contribution in [1.29, 1.82) is 0 Å². The first kappa shape index (κ1) is 15.9. The summed E-state index contributed by atoms with van der Waals surface area (Å²) < 4.78 is 6.43. The third-order valence-electron chi connectivity index (χ3n) is 3.45. The Labute approximate surface area is 103 Å². The molecule has 0 radical (unpaired) electrons. The Morgan fingerprint density at radius 3 is 2.12 bits per heavy atom. The highest BCUT2D eigenvalue weighted by Crippen LogP contribution is 2.38. The van der Waals surface area contributed by atoms with E-state index in [0.717, 1.165) is 12.8 Å². The number of rotatable bonds is 6. The number of hydrogen-bond donors (Lipinski definition) is 0. The normalized spacial score (nSPS) is 14.9. The zero-order valence-electron chi connectivity index (χ0n) is 12.3. The fraction of sp³-hybridized carbons (Fsp3) is 0.857. The van der Waals surface area contributed by atoms with Gasteiger partial charge in [-0.2, -0.15) is 0 Å². The molecule has 0 saturated carbocycles. The lowest BCUT2D eigenvalue weighted by molar-refractivity contribution is 0.170. The molecule has 0 aliphatic heterocycles. The smallest absolute Gasteiger partial charge is 0.192 e. The molecule has 0 aromatic heterocycles. The van der Waals surface area contributed by atoms with Crippen molar-refractivity contribution in [2.75, 3.05) is 0 Å². The standard InChI is InChI=1S/C14H30OSi/c1-9-10-13(11-12(2)3)15-16(7,8)14(4,5)6/h13H,2,9-11H2,1,3-8H3/t13-/m1/s1. The summed E-state index contributed by atoms with van der Waals surface area (Å²) in [4.78, 5) is 0. The lowest BCUT2D eigenvalue weighted by Gasteiger charge is -2.39. The van der Waals surface area contributed by atoms with Crippen LogP contribution >= 0.6 is 0 Å². The molecule has 16 heavy (non-hydrogen) atoms. The van der Waals surface area contributed by atoms with Gasteiger partial charge < -0.3 is 4.43 Å². The van der Waals surface area contributed by atoms with Crippen LogP contribution in [0.3, 0.4) is 0 Å². The van der Waals surface area contributed by atoms with E-state index in [4.69, 9.17) is 4.43 Å². The van der Waals surface area contributed by atoms with Crippen LogP contribution in [0.5, 0.6) is 0 Å². The molecule has 0 saturated heterocycles. The first-order valence-electron chi connectivity index (χ1n) is 6.42. The van der Waals surface area contributed by atoms with Gasteiger partial charge >= 0.3 is 0 Å². The quantitative estimate of drug-likeness (QED) is 0.463. The Morgan fingerprint density at radius 1 is 1.31 bits per heavy atom. The molecule has 0 heterocycles. The summed E-state index contributed by atoms with van der Waals surface area (Å²) in [6, 6.07) is 0. The van der Waals surface area contributed by atoms with Gasteiger partial charge in [-0.1, -0.05) is 39.7 Å². The maximum atomic E-state index is 6.43. The highest BCUT2D eigenvalue weighted by Gasteiger charge is 2.38. The van der Waals surface area contributed by atoms with E-state index in [1.54, 1.807) is 0 Å². The van der Waals surface area contributed by atoms with Crippen LogP contribution < -0.4 is 0 Å². The van der Waals surface area contributed by atoms with E-state index in [0.29, 0.717) is 11.1 Å². The van der Waals surface area contributed by atoms with Crippen LogP contribution in [-0.2, 0) is 4.43 Å². The van der Waals surface area contributed by atoms with E-state index in [9.17, 15) is 0 Å². The van der Waals surface area contributed by atoms with Gasteiger partial charge in [-0.25, -0.2) is 0 Å². The molecule has 0 aliphatic rings. The van der Waals surface area contributed by atoms with Gasteiger partial charge in [0, 0.05) is 6.10 Å². The molecule has 0 spiro atoms. The molecule has 0 amide bonds. The topological polar surface area (TPSA) is 9.23 Å². The van der Waals surface area contributed by atoms with Crippen molar-refractivity contribution in [2.24, 2.45) is 0 Å². The fourth-order valence-corrected chi connectivity index (χ4v) is 2.89. The predicted octanol–water partition coefficient (Wildman–Crippen LogP) is 5.14. The van der Waals surface area contributed by atoms with Crippen molar-refractivity contribution in [3.8, 4) is 0 Å². The van der Waals surface area contributed by atoms with Crippen LogP contribution in [0.25, 0.3) is 0 Å². The number of hydrogen-bond acceptors (Lipinski definition) is 1. The van der Waals surface area contributed by atoms with E-state index in [1.807, 2.05) is 0 Å². The van der Waals surface area contributed by atoms with Crippen molar-refractivity contribution in [2.45, 2.75) is 78.1 Å². The van der Waals surface area contributed by atoms with Crippen molar-refractivity contribution in [3.05, 3.63) is 12.2 Å². The van der Waals surface area contributed by atoms with Crippen LogP contribution in [0.15, 0.2) is 12.2 Å². The zero-order valence-corrected chi connectivity index (χ0v) is 13.3. The van der Waals surface area contributed by atoms with Crippen molar-refractivity contribution in [3.63, 3.8) is 0 Å². The Balaban J connectivity index is 4.55. The van der Waals surface area contributed by atoms with Crippen molar-refractivity contribution < 1.29 is 4.43 Å². The summed E-state index contributed by atoms with van der Waals surface area (Å²) in [5.74, 6) is 0. The minimum Gasteiger partial charge on any atom is -0.414 e. The minimum atomic E-state index is -1.61. The average Bonchev–Trinajstić information content (AvgIpc) is 1.99. The molecule has 0 rings (SSSR count). The van der Waals surface area contributed by atoms with Gasteiger partial charge in [0.05, 0.1) is 0 Å². The van der Waals surface area contributed by atoms with E-state index < -0.39 is 8.32 Å². The van der Waals surface area contributed by atoms with Crippen LogP contribution in [0.2, 0.25) is 18.1 Å². The van der Waals surface area contributed by atoms with Crippen LogP contribution in [-0.4, -0.2) is 14.4 Å². The Hall–Kier alpha value is -0.0831. The SMILES string of the molecule is C=C(C)C[C@@H](CCC)O[Si](C)(C)C(C)(C)C. The van der Waals surface area contributed by atoms with E-state index in [2.05, 4.69) is 54.3 Å². The van der Waals surface area contributed by atoms with Gasteiger partial charge in [-0.05, 0) is 37.9 Å². The second kappa shape index (κ2) is 6.01. The molecule has 0 fully saturated rings. The van der Waals surface area contributed by atoms with Crippen LogP contribution in [0, 0.1) is 0 Å². The fourth-order valence-electron chi connectivity index (χ4n) is 1.51. The molecular formula is C14H30OSi. The third-order valence-corrected chi connectivity index (χ3v) is 7.99. The molecule has 0 aromatic rings. The summed E-state index contributed by atoms with van der Waals surface area (Å²) >= 11 is 0. The molecule has 0 aromatic carbocycles. The Morgan fingerprint density at radius 2 is 1.81 bits per heavy atom. The second-order valence-electron chi connectivity index (χ2n) is 6.45. The maximum absolute atomic E-state index is 6.43. The second-order valence-corrected chi connectivity index (χ2v) is 11.2. The van der Waals surface area contributed by atoms with Gasteiger partial charge in [-0.15, -0.1) is 6.58 Å². The van der Waals surface area contributed by atoms with E-state index in [1.165, 1.54) is 12.0 Å². The zero-order chi connectivity index (χ0) is 13.0. The molecule has 0 bridgehead atoms. The lowest BCUT2D eigenvalue weighted by Crippen LogP contribution is -2.44. The summed E-state index contributed by atoms with van der Waals surface area (Å²) in [6.07, 6.45) is 3.73. The highest BCUT2D eigenvalue weighted by molar-refractivity contribution is 6.74. The summed E-state index contributed by atoms with van der Waals surface area (Å²) in [5, 5.41) is 0.300. The molecular weight excluding hydrogens is 212 g/mol. The Bertz CT molecular complexity index is 225. The third kappa shape index (κ3) is 5.31. The van der Waals surface area contributed by atoms with Gasteiger partial charge in [0.15, 0.2) is 8.32 Å². The molecule has 1 atom stereocenters. The van der Waals surface area contributed by atoms with Gasteiger partial charge in [0.1, 0.15) is 0 Å². The van der Waals surface area contributed by atoms with Crippen molar-refractivity contribution >= 4 is 8.32 Å². The largest absolute Gasteiger partial charge is 0.414 e. The molecule has 2 heteroatoms. The minimum absolute atomic E-state index is 0.300. The molecule has 1 nitrogen and oxygen atoms in total. The molecule has 0 N–H and O–H groups in total. The van der Waals surface area contributed by atoms with E-state index >= 15 is 0 Å². The molecule has 0 unspecified atom stereocenters. The van der Waals surface area contributed by atoms with Gasteiger partial charge in [0.2, 0.25) is 0 Å². The first-order chi connectivity index (χ1) is 7.10. The Kier molecular flexibility index (Phi) is 5.98. The average molecular weight is 242 g/mol. The predicted molar refractivity (Wildman–Crippen MR) is 76.4 cm³/mol. The van der Waals surface area contributed by atoms with E-state index in [-0.39, 0.29) is 0 Å². The molecule has 0 aliphatic carbocycles. The van der Waals surface area contributed by atoms with Crippen LogP contribution in [0.4, 0.5) is 0 Å². The van der Waals surface area contributed by atoms with Gasteiger partial charge in [0.25, 0.3) is 0 Å². The summed E-state index contributed by atoms with van der Waals surface area (Å²) in [6.45, 7) is 19.9. The highest BCUT2D eigenvalue weighted by atomic mass is 28.4. The summed E-state index contributed by atoms with van der Waals surface area (Å²) in [5.41, 5.74) is 1.23. The van der Waals surface area contributed by atoms with Gasteiger partial charge in [-0.3, -0.25) is 0 Å². The lowest BCUT2D eigenvalue weighted by atomic mass is 10.1. The van der Waals surface area contributed by atoms with Crippen LogP contribution in [0.1, 0.15) is 53.9 Å². The monoisotopic (exact) mass is 242 g/mol. The molecule has 96 valence electrons. The van der Waals surface area contributed by atoms with Crippen molar-refractivity contribution in [1.82, 2.24) is 0 Å². The maximum Gasteiger partial charge on any atom is 0.192 e. The summed E-state index contributed by atoms with van der Waals surface area (Å²) in [7, 11) is -1.61. The first-order valence-corrected chi connectivity index (χ1v) is 9.33.